The van der Waals surface area contributed by atoms with Crippen LogP contribution >= 0.6 is 0 Å². The number of rotatable bonds is 8. The van der Waals surface area contributed by atoms with Crippen molar-refractivity contribution in [1.82, 2.24) is 10.6 Å². The number of hydrogen-bond donors (Lipinski definition) is 2. The van der Waals surface area contributed by atoms with Crippen molar-refractivity contribution in [3.63, 3.8) is 0 Å². The van der Waals surface area contributed by atoms with Crippen molar-refractivity contribution in [3.05, 3.63) is 106 Å². The molecule has 0 bridgehead atoms. The molecule has 2 nitrogen and oxygen atoms in total. The Kier molecular flexibility index (Phi) is 7.24. The molecule has 0 aliphatic carbocycles. The van der Waals surface area contributed by atoms with Gasteiger partial charge in [-0.05, 0) is 37.1 Å². The van der Waals surface area contributed by atoms with Crippen molar-refractivity contribution in [2.24, 2.45) is 0 Å². The largest absolute Gasteiger partial charge is 0.306 e. The van der Waals surface area contributed by atoms with Gasteiger partial charge in [0.2, 0.25) is 0 Å². The van der Waals surface area contributed by atoms with Gasteiger partial charge in [0.15, 0.2) is 0 Å². The standard InChI is InChI=1S/C24H24F4N2/c1-15(21-9-7-19(25)11-23(21)27)29-13-17-3-5-18(6-4-17)14-30-16(2)22-10-8-20(26)12-24(22)28/h3-12,15-16,29-30H,13-14H2,1-2H3/t15-,16+. The lowest BCUT2D eigenvalue weighted by molar-refractivity contribution is 0.515. The maximum atomic E-state index is 13.9. The molecule has 158 valence electrons. The molecule has 6 heteroatoms. The van der Waals surface area contributed by atoms with E-state index in [0.717, 1.165) is 23.3 Å². The second kappa shape index (κ2) is 9.87. The monoisotopic (exact) mass is 416 g/mol. The van der Waals surface area contributed by atoms with E-state index in [2.05, 4.69) is 10.6 Å². The molecule has 0 aromatic heterocycles. The summed E-state index contributed by atoms with van der Waals surface area (Å²) in [6.45, 7) is 4.71. The average molecular weight is 416 g/mol. The van der Waals surface area contributed by atoms with Crippen molar-refractivity contribution in [2.75, 3.05) is 0 Å². The number of hydrogen-bond acceptors (Lipinski definition) is 2. The van der Waals surface area contributed by atoms with Crippen molar-refractivity contribution >= 4 is 0 Å². The summed E-state index contributed by atoms with van der Waals surface area (Å²) < 4.78 is 53.8. The Morgan fingerprint density at radius 3 is 1.30 bits per heavy atom. The van der Waals surface area contributed by atoms with Gasteiger partial charge in [0, 0.05) is 48.4 Å². The SMILES string of the molecule is C[C@H](NCc1ccc(CN[C@H](C)c2ccc(F)cc2F)cc1)c1ccc(F)cc1F. The van der Waals surface area contributed by atoms with Crippen LogP contribution in [-0.2, 0) is 13.1 Å². The molecule has 0 heterocycles. The highest BCUT2D eigenvalue weighted by molar-refractivity contribution is 5.25. The summed E-state index contributed by atoms with van der Waals surface area (Å²) in [7, 11) is 0. The molecule has 2 atom stereocenters. The fraction of sp³-hybridized carbons (Fsp3) is 0.250. The predicted octanol–water partition coefficient (Wildman–Crippen LogP) is 5.94. The summed E-state index contributed by atoms with van der Waals surface area (Å²) >= 11 is 0. The van der Waals surface area contributed by atoms with Gasteiger partial charge in [-0.15, -0.1) is 0 Å². The highest BCUT2D eigenvalue weighted by Gasteiger charge is 2.12. The molecule has 0 saturated heterocycles. The molecule has 0 unspecified atom stereocenters. The van der Waals surface area contributed by atoms with E-state index in [1.165, 1.54) is 24.3 Å². The van der Waals surface area contributed by atoms with Crippen LogP contribution in [0.1, 0.15) is 48.2 Å². The van der Waals surface area contributed by atoms with E-state index in [4.69, 9.17) is 0 Å². The Hall–Kier alpha value is -2.70. The molecule has 0 spiro atoms. The van der Waals surface area contributed by atoms with E-state index in [1.807, 2.05) is 38.1 Å². The molecule has 0 aliphatic rings. The lowest BCUT2D eigenvalue weighted by atomic mass is 10.1. The quantitative estimate of drug-likeness (QED) is 0.444. The average Bonchev–Trinajstić information content (AvgIpc) is 2.71. The normalized spacial score (nSPS) is 13.3. The summed E-state index contributed by atoms with van der Waals surface area (Å²) in [6, 6.07) is 14.5. The van der Waals surface area contributed by atoms with Crippen LogP contribution in [0.5, 0.6) is 0 Å². The van der Waals surface area contributed by atoms with Crippen LogP contribution in [0, 0.1) is 23.3 Å². The first kappa shape index (κ1) is 22.0. The zero-order chi connectivity index (χ0) is 21.7. The molecule has 30 heavy (non-hydrogen) atoms. The number of benzene rings is 3. The highest BCUT2D eigenvalue weighted by Crippen LogP contribution is 2.20. The Morgan fingerprint density at radius 1 is 0.600 bits per heavy atom. The lowest BCUT2D eigenvalue weighted by Gasteiger charge is -2.16. The number of halogens is 4. The van der Waals surface area contributed by atoms with Crippen LogP contribution in [0.2, 0.25) is 0 Å². The summed E-state index contributed by atoms with van der Waals surface area (Å²) in [4.78, 5) is 0. The minimum Gasteiger partial charge on any atom is -0.306 e. The minimum absolute atomic E-state index is 0.265. The first-order valence-corrected chi connectivity index (χ1v) is 9.78. The topological polar surface area (TPSA) is 24.1 Å². The van der Waals surface area contributed by atoms with Crippen LogP contribution in [-0.4, -0.2) is 0 Å². The van der Waals surface area contributed by atoms with Gasteiger partial charge in [0.05, 0.1) is 0 Å². The van der Waals surface area contributed by atoms with Gasteiger partial charge in [-0.2, -0.15) is 0 Å². The highest BCUT2D eigenvalue weighted by atomic mass is 19.1. The van der Waals surface area contributed by atoms with E-state index in [0.29, 0.717) is 24.2 Å². The molecule has 0 aliphatic heterocycles. The molecule has 0 fully saturated rings. The summed E-state index contributed by atoms with van der Waals surface area (Å²) in [6.07, 6.45) is 0. The Balaban J connectivity index is 1.52. The van der Waals surface area contributed by atoms with Gasteiger partial charge in [0.1, 0.15) is 23.3 Å². The van der Waals surface area contributed by atoms with Crippen LogP contribution in [0.4, 0.5) is 17.6 Å². The third kappa shape index (κ3) is 5.68. The minimum atomic E-state index is -0.593. The first-order chi connectivity index (χ1) is 14.3. The molecule has 0 radical (unpaired) electrons. The van der Waals surface area contributed by atoms with E-state index >= 15 is 0 Å². The van der Waals surface area contributed by atoms with Gasteiger partial charge in [0.25, 0.3) is 0 Å². The summed E-state index contributed by atoms with van der Waals surface area (Å²) in [5.74, 6) is -2.32. The zero-order valence-corrected chi connectivity index (χ0v) is 16.9. The second-order valence-electron chi connectivity index (χ2n) is 7.35. The van der Waals surface area contributed by atoms with Crippen LogP contribution in [0.15, 0.2) is 60.7 Å². The molecule has 3 rings (SSSR count). The van der Waals surface area contributed by atoms with Crippen LogP contribution in [0.3, 0.4) is 0 Å². The van der Waals surface area contributed by atoms with Crippen LogP contribution < -0.4 is 10.6 Å². The molecular weight excluding hydrogens is 392 g/mol. The van der Waals surface area contributed by atoms with Crippen LogP contribution in [0.25, 0.3) is 0 Å². The maximum Gasteiger partial charge on any atom is 0.130 e. The van der Waals surface area contributed by atoms with E-state index < -0.39 is 23.3 Å². The third-order valence-corrected chi connectivity index (χ3v) is 5.11. The van der Waals surface area contributed by atoms with E-state index in [1.54, 1.807) is 0 Å². The molecule has 3 aromatic carbocycles. The lowest BCUT2D eigenvalue weighted by Crippen LogP contribution is -2.20. The van der Waals surface area contributed by atoms with Crippen molar-refractivity contribution in [1.29, 1.82) is 0 Å². The molecular formula is C24H24F4N2. The predicted molar refractivity (Wildman–Crippen MR) is 110 cm³/mol. The maximum absolute atomic E-state index is 13.9. The summed E-state index contributed by atoms with van der Waals surface area (Å²) in [5, 5.41) is 6.45. The van der Waals surface area contributed by atoms with Gasteiger partial charge in [-0.3, -0.25) is 0 Å². The van der Waals surface area contributed by atoms with Crippen molar-refractivity contribution < 1.29 is 17.6 Å². The molecule has 0 saturated carbocycles. The summed E-state index contributed by atoms with van der Waals surface area (Å²) in [5.41, 5.74) is 2.87. The second-order valence-corrected chi connectivity index (χ2v) is 7.35. The van der Waals surface area contributed by atoms with Gasteiger partial charge < -0.3 is 10.6 Å². The van der Waals surface area contributed by atoms with Gasteiger partial charge >= 0.3 is 0 Å². The van der Waals surface area contributed by atoms with E-state index in [-0.39, 0.29) is 12.1 Å². The fourth-order valence-electron chi connectivity index (χ4n) is 3.24. The third-order valence-electron chi connectivity index (χ3n) is 5.11. The smallest absolute Gasteiger partial charge is 0.130 e. The molecule has 0 amide bonds. The first-order valence-electron chi connectivity index (χ1n) is 9.78. The number of nitrogens with one attached hydrogen (secondary N) is 2. The zero-order valence-electron chi connectivity index (χ0n) is 16.9. The fourth-order valence-corrected chi connectivity index (χ4v) is 3.24. The molecule has 3 aromatic rings. The van der Waals surface area contributed by atoms with E-state index in [9.17, 15) is 17.6 Å². The Bertz CT molecular complexity index is 908. The Morgan fingerprint density at radius 2 is 0.967 bits per heavy atom. The van der Waals surface area contributed by atoms with Gasteiger partial charge in [-0.25, -0.2) is 17.6 Å². The van der Waals surface area contributed by atoms with Crippen molar-refractivity contribution in [3.8, 4) is 0 Å². The van der Waals surface area contributed by atoms with Gasteiger partial charge in [-0.1, -0.05) is 36.4 Å². The Labute approximate surface area is 173 Å². The molecule has 2 N–H and O–H groups in total. The van der Waals surface area contributed by atoms with Crippen molar-refractivity contribution in [2.45, 2.75) is 39.0 Å².